The summed E-state index contributed by atoms with van der Waals surface area (Å²) >= 11 is 5.97. The predicted molar refractivity (Wildman–Crippen MR) is 132 cm³/mol. The number of nitrogens with one attached hydrogen (secondary N) is 3. The van der Waals surface area contributed by atoms with Crippen molar-refractivity contribution < 1.29 is 9.47 Å². The number of hydrogen-bond acceptors (Lipinski definition) is 9. The highest BCUT2D eigenvalue weighted by Crippen LogP contribution is 2.14. The van der Waals surface area contributed by atoms with E-state index >= 15 is 0 Å². The average molecular weight is 472 g/mol. The van der Waals surface area contributed by atoms with E-state index in [-0.39, 0.29) is 0 Å². The van der Waals surface area contributed by atoms with Crippen molar-refractivity contribution in [1.29, 1.82) is 0 Å². The number of hydrogen-bond donors (Lipinski definition) is 4. The van der Waals surface area contributed by atoms with Crippen LogP contribution < -0.4 is 21.7 Å². The summed E-state index contributed by atoms with van der Waals surface area (Å²) in [6, 6.07) is 17.7. The van der Waals surface area contributed by atoms with Crippen molar-refractivity contribution in [2.45, 2.75) is 13.1 Å². The monoisotopic (exact) mass is 471 g/mol. The Hall–Kier alpha value is -2.98. The van der Waals surface area contributed by atoms with Gasteiger partial charge < -0.3 is 31.2 Å². The molecule has 0 saturated carbocycles. The van der Waals surface area contributed by atoms with Crippen LogP contribution in [0.3, 0.4) is 0 Å². The van der Waals surface area contributed by atoms with Gasteiger partial charge in [0, 0.05) is 31.2 Å². The van der Waals surface area contributed by atoms with Gasteiger partial charge in [-0.05, 0) is 23.3 Å². The number of aromatic nitrogens is 3. The Balaban J connectivity index is 1.56. The molecule has 0 bridgehead atoms. The number of nitrogens with zero attached hydrogens (tertiary/aromatic N) is 3. The first-order valence-electron chi connectivity index (χ1n) is 10.8. The number of anilines is 3. The van der Waals surface area contributed by atoms with Crippen molar-refractivity contribution in [2.75, 3.05) is 55.5 Å². The van der Waals surface area contributed by atoms with Gasteiger partial charge >= 0.3 is 0 Å². The number of nitrogens with two attached hydrogens (primary N) is 1. The lowest BCUT2D eigenvalue weighted by Crippen LogP contribution is -2.17. The smallest absolute Gasteiger partial charge is 0.229 e. The molecule has 0 aliphatic carbocycles. The Kier molecular flexibility index (Phi) is 10.6. The van der Waals surface area contributed by atoms with Crippen LogP contribution in [0.25, 0.3) is 0 Å². The molecule has 2 aromatic carbocycles. The van der Waals surface area contributed by atoms with E-state index in [4.69, 9.17) is 26.8 Å². The largest absolute Gasteiger partial charge is 0.378 e. The molecule has 10 heteroatoms. The minimum absolute atomic E-state index is 0.460. The van der Waals surface area contributed by atoms with Gasteiger partial charge in [-0.1, -0.05) is 54.1 Å². The van der Waals surface area contributed by atoms with Gasteiger partial charge in [0.05, 0.1) is 26.4 Å². The van der Waals surface area contributed by atoms with E-state index in [9.17, 15) is 0 Å². The third kappa shape index (κ3) is 9.58. The van der Waals surface area contributed by atoms with Gasteiger partial charge in [0.1, 0.15) is 0 Å². The minimum atomic E-state index is 0.460. The normalized spacial score (nSPS) is 10.7. The zero-order valence-corrected chi connectivity index (χ0v) is 19.2. The molecule has 0 radical (unpaired) electrons. The molecule has 33 heavy (non-hydrogen) atoms. The molecule has 9 nitrogen and oxygen atoms in total. The summed E-state index contributed by atoms with van der Waals surface area (Å²) in [6.45, 7) is 4.30. The van der Waals surface area contributed by atoms with Crippen LogP contribution in [0, 0.1) is 0 Å². The summed E-state index contributed by atoms with van der Waals surface area (Å²) in [6.07, 6.45) is 0. The van der Waals surface area contributed by atoms with Crippen molar-refractivity contribution in [1.82, 2.24) is 15.0 Å². The average Bonchev–Trinajstić information content (AvgIpc) is 2.85. The molecule has 0 spiro atoms. The SMILES string of the molecule is NCCOCCOCCNc1nc(NCc2ccccc2)nc(NCc2ccc(Cl)cc2)n1. The summed E-state index contributed by atoms with van der Waals surface area (Å²) in [7, 11) is 0. The molecule has 0 fully saturated rings. The van der Waals surface area contributed by atoms with Crippen LogP contribution in [0.1, 0.15) is 11.1 Å². The maximum atomic E-state index is 5.97. The van der Waals surface area contributed by atoms with Crippen molar-refractivity contribution in [3.63, 3.8) is 0 Å². The fraction of sp³-hybridized carbons (Fsp3) is 0.348. The molecule has 3 aromatic rings. The Morgan fingerprint density at radius 3 is 1.82 bits per heavy atom. The van der Waals surface area contributed by atoms with Crippen LogP contribution in [0.2, 0.25) is 5.02 Å². The van der Waals surface area contributed by atoms with Gasteiger partial charge in [-0.15, -0.1) is 0 Å². The summed E-state index contributed by atoms with van der Waals surface area (Å²) in [4.78, 5) is 13.5. The van der Waals surface area contributed by atoms with Crippen molar-refractivity contribution in [3.8, 4) is 0 Å². The first-order valence-corrected chi connectivity index (χ1v) is 11.2. The van der Waals surface area contributed by atoms with E-state index in [0.29, 0.717) is 75.5 Å². The highest BCUT2D eigenvalue weighted by Gasteiger charge is 2.07. The molecule has 0 aliphatic heterocycles. The topological polar surface area (TPSA) is 119 Å². The standard InChI is InChI=1S/C23H30ClN7O2/c24-20-8-6-19(7-9-20)17-28-23-30-21(26-11-13-33-15-14-32-12-10-25)29-22(31-23)27-16-18-4-2-1-3-5-18/h1-9H,10-17,25H2,(H3,26,27,28,29,30,31). The zero-order valence-electron chi connectivity index (χ0n) is 18.5. The lowest BCUT2D eigenvalue weighted by Gasteiger charge is -2.12. The first-order chi connectivity index (χ1) is 16.2. The van der Waals surface area contributed by atoms with E-state index in [1.54, 1.807) is 0 Å². The third-order valence-electron chi connectivity index (χ3n) is 4.46. The Morgan fingerprint density at radius 2 is 1.21 bits per heavy atom. The van der Waals surface area contributed by atoms with Crippen LogP contribution in [0.15, 0.2) is 54.6 Å². The van der Waals surface area contributed by atoms with Crippen molar-refractivity contribution >= 4 is 29.4 Å². The number of ether oxygens (including phenoxy) is 2. The molecule has 0 unspecified atom stereocenters. The van der Waals surface area contributed by atoms with Crippen LogP contribution >= 0.6 is 11.6 Å². The zero-order chi connectivity index (χ0) is 23.1. The van der Waals surface area contributed by atoms with Crippen molar-refractivity contribution in [2.24, 2.45) is 5.73 Å². The molecule has 0 atom stereocenters. The summed E-state index contributed by atoms with van der Waals surface area (Å²) < 4.78 is 10.8. The molecular weight excluding hydrogens is 442 g/mol. The minimum Gasteiger partial charge on any atom is -0.378 e. The Bertz CT molecular complexity index is 945. The molecule has 1 heterocycles. The molecular formula is C23H30ClN7O2. The van der Waals surface area contributed by atoms with Gasteiger partial charge in [0.25, 0.3) is 0 Å². The summed E-state index contributed by atoms with van der Waals surface area (Å²) in [5, 5.41) is 10.4. The Labute approximate surface area is 199 Å². The Morgan fingerprint density at radius 1 is 0.667 bits per heavy atom. The summed E-state index contributed by atoms with van der Waals surface area (Å²) in [5.41, 5.74) is 7.59. The van der Waals surface area contributed by atoms with Gasteiger partial charge in [-0.2, -0.15) is 15.0 Å². The predicted octanol–water partition coefficient (Wildman–Crippen LogP) is 3.15. The summed E-state index contributed by atoms with van der Waals surface area (Å²) in [5.74, 6) is 1.40. The van der Waals surface area contributed by atoms with Crippen molar-refractivity contribution in [3.05, 3.63) is 70.7 Å². The van der Waals surface area contributed by atoms with Crippen LogP contribution in [-0.2, 0) is 22.6 Å². The highest BCUT2D eigenvalue weighted by atomic mass is 35.5. The fourth-order valence-corrected chi connectivity index (χ4v) is 2.94. The van der Waals surface area contributed by atoms with Gasteiger partial charge in [0.2, 0.25) is 17.8 Å². The lowest BCUT2D eigenvalue weighted by molar-refractivity contribution is 0.0547. The first kappa shape index (κ1) is 24.7. The number of benzene rings is 2. The van der Waals surface area contributed by atoms with E-state index in [2.05, 4.69) is 30.9 Å². The fourth-order valence-electron chi connectivity index (χ4n) is 2.81. The maximum Gasteiger partial charge on any atom is 0.229 e. The molecule has 176 valence electrons. The van der Waals surface area contributed by atoms with E-state index in [1.165, 1.54) is 0 Å². The van der Waals surface area contributed by atoms with E-state index in [0.717, 1.165) is 11.1 Å². The van der Waals surface area contributed by atoms with Gasteiger partial charge in [-0.25, -0.2) is 0 Å². The van der Waals surface area contributed by atoms with Crippen LogP contribution in [-0.4, -0.2) is 54.5 Å². The quantitative estimate of drug-likeness (QED) is 0.248. The van der Waals surface area contributed by atoms with Gasteiger partial charge in [0.15, 0.2) is 0 Å². The molecule has 1 aromatic heterocycles. The van der Waals surface area contributed by atoms with Crippen LogP contribution in [0.4, 0.5) is 17.8 Å². The van der Waals surface area contributed by atoms with Crippen LogP contribution in [0.5, 0.6) is 0 Å². The molecule has 0 amide bonds. The van der Waals surface area contributed by atoms with Gasteiger partial charge in [-0.3, -0.25) is 0 Å². The highest BCUT2D eigenvalue weighted by molar-refractivity contribution is 6.30. The molecule has 5 N–H and O–H groups in total. The molecule has 3 rings (SSSR count). The third-order valence-corrected chi connectivity index (χ3v) is 4.71. The number of rotatable bonds is 15. The second-order valence-corrected chi connectivity index (χ2v) is 7.50. The van der Waals surface area contributed by atoms with E-state index in [1.807, 2.05) is 54.6 Å². The second kappa shape index (κ2) is 14.2. The second-order valence-electron chi connectivity index (χ2n) is 7.07. The van der Waals surface area contributed by atoms with E-state index < -0.39 is 0 Å². The number of halogens is 1. The molecule has 0 aliphatic rings. The lowest BCUT2D eigenvalue weighted by atomic mass is 10.2. The maximum absolute atomic E-state index is 5.97. The molecule has 0 saturated heterocycles.